The highest BCUT2D eigenvalue weighted by molar-refractivity contribution is 5.93. The van der Waals surface area contributed by atoms with Crippen LogP contribution in [0, 0.1) is 31.3 Å². The molecule has 1 saturated heterocycles. The van der Waals surface area contributed by atoms with E-state index in [0.717, 1.165) is 32.1 Å². The molecular formula is C27H41FN4O4. The van der Waals surface area contributed by atoms with Gasteiger partial charge in [0.1, 0.15) is 12.3 Å². The third kappa shape index (κ3) is 10.8. The zero-order valence-corrected chi connectivity index (χ0v) is 22.5. The van der Waals surface area contributed by atoms with Gasteiger partial charge in [-0.05, 0) is 51.9 Å². The molecule has 0 saturated carbocycles. The maximum Gasteiger partial charge on any atom is 0.310 e. The summed E-state index contributed by atoms with van der Waals surface area (Å²) in [6.45, 7) is 11.8. The van der Waals surface area contributed by atoms with Gasteiger partial charge in [0.2, 0.25) is 5.91 Å². The van der Waals surface area contributed by atoms with Gasteiger partial charge in [-0.15, -0.1) is 6.42 Å². The first kappa shape index (κ1) is 31.2. The van der Waals surface area contributed by atoms with E-state index in [4.69, 9.17) is 15.9 Å². The number of carbonyl (C=O) groups is 2. The average molecular weight is 505 g/mol. The molecule has 0 bridgehead atoms. The normalized spacial score (nSPS) is 19.8. The third-order valence-electron chi connectivity index (χ3n) is 5.71. The lowest BCUT2D eigenvalue weighted by molar-refractivity contribution is -0.150. The average Bonchev–Trinajstić information content (AvgIpc) is 3.22. The first-order chi connectivity index (χ1) is 17.1. The van der Waals surface area contributed by atoms with Crippen molar-refractivity contribution in [3.63, 3.8) is 0 Å². The summed E-state index contributed by atoms with van der Waals surface area (Å²) in [5, 5.41) is 2.59. The second-order valence-electron chi connectivity index (χ2n) is 9.11. The van der Waals surface area contributed by atoms with Crippen molar-refractivity contribution in [1.29, 1.82) is 0 Å². The Morgan fingerprint density at radius 1 is 1.33 bits per heavy atom. The molecule has 8 nitrogen and oxygen atoms in total. The molecule has 0 aromatic carbocycles. The van der Waals surface area contributed by atoms with Gasteiger partial charge in [-0.2, -0.15) is 9.37 Å². The maximum absolute atomic E-state index is 13.3. The van der Waals surface area contributed by atoms with Crippen LogP contribution in [0.4, 0.5) is 15.9 Å². The van der Waals surface area contributed by atoms with Crippen LogP contribution in [0.3, 0.4) is 0 Å². The second-order valence-corrected chi connectivity index (χ2v) is 9.11. The Kier molecular flexibility index (Phi) is 13.9. The van der Waals surface area contributed by atoms with E-state index in [1.807, 2.05) is 27.7 Å². The highest BCUT2D eigenvalue weighted by Crippen LogP contribution is 2.30. The van der Waals surface area contributed by atoms with E-state index in [2.05, 4.69) is 33.1 Å². The molecule has 3 atom stereocenters. The molecule has 3 unspecified atom stereocenters. The number of nitrogens with zero attached hydrogens (tertiary/aromatic N) is 3. The molecule has 1 aliphatic rings. The van der Waals surface area contributed by atoms with Gasteiger partial charge in [-0.25, -0.2) is 4.98 Å². The van der Waals surface area contributed by atoms with Crippen molar-refractivity contribution in [3.8, 4) is 12.3 Å². The Labute approximate surface area is 214 Å². The van der Waals surface area contributed by atoms with E-state index in [1.54, 1.807) is 13.1 Å². The molecule has 1 aromatic heterocycles. The van der Waals surface area contributed by atoms with Crippen molar-refractivity contribution in [2.75, 3.05) is 11.9 Å². The van der Waals surface area contributed by atoms with Gasteiger partial charge < -0.3 is 14.8 Å². The maximum atomic E-state index is 13.3. The predicted molar refractivity (Wildman–Crippen MR) is 140 cm³/mol. The number of aromatic nitrogens is 2. The fourth-order valence-electron chi connectivity index (χ4n) is 3.29. The number of amides is 1. The van der Waals surface area contributed by atoms with E-state index in [0.29, 0.717) is 36.6 Å². The standard InChI is InChI=1S/C14H21FN4O.C13H20O3/c1-5-7-11(20)18-13-12(16-8-9(3)6-2)10(4)17-14(15)19-13;1-4-6-7-12(14)15-10-13(5-2)9-8-11(3)16-13/h8-9H,5-7H2,1-4H3,(H,17,18,19,20);2,11H,4,6-10H2,1,3H3. The number of carbonyl (C=O) groups excluding carboxylic acids is 2. The summed E-state index contributed by atoms with van der Waals surface area (Å²) in [5.41, 5.74) is 0.140. The number of aryl methyl sites for hydroxylation is 1. The number of hydrogen-bond acceptors (Lipinski definition) is 7. The smallest absolute Gasteiger partial charge is 0.310 e. The minimum Gasteiger partial charge on any atom is -0.462 e. The fraction of sp³-hybridized carbons (Fsp3) is 0.667. The van der Waals surface area contributed by atoms with Crippen LogP contribution in [0.2, 0.25) is 0 Å². The van der Waals surface area contributed by atoms with Crippen LogP contribution >= 0.6 is 0 Å². The predicted octanol–water partition coefficient (Wildman–Crippen LogP) is 5.70. The molecule has 9 heteroatoms. The van der Waals surface area contributed by atoms with E-state index in [9.17, 15) is 14.0 Å². The SMILES string of the molecule is C#CC1(COC(=O)CCCC)CCC(C)O1.CCCC(=O)Nc1nc(F)nc(C)c1N=CC(C)CC. The monoisotopic (exact) mass is 504 g/mol. The van der Waals surface area contributed by atoms with E-state index >= 15 is 0 Å². The van der Waals surface area contributed by atoms with Crippen molar-refractivity contribution in [3.05, 3.63) is 11.8 Å². The minimum atomic E-state index is -0.864. The van der Waals surface area contributed by atoms with Crippen LogP contribution in [-0.4, -0.2) is 46.4 Å². The Balaban J connectivity index is 0.000000369. The number of esters is 1. The van der Waals surface area contributed by atoms with Gasteiger partial charge in [0.05, 0.1) is 11.8 Å². The summed E-state index contributed by atoms with van der Waals surface area (Å²) in [5.74, 6) is 2.66. The van der Waals surface area contributed by atoms with Gasteiger partial charge in [0, 0.05) is 19.1 Å². The Morgan fingerprint density at radius 2 is 2.06 bits per heavy atom. The Morgan fingerprint density at radius 3 is 2.61 bits per heavy atom. The molecule has 200 valence electrons. The lowest BCUT2D eigenvalue weighted by Gasteiger charge is -2.22. The molecular weight excluding hydrogens is 463 g/mol. The number of terminal acetylenes is 1. The number of hydrogen-bond donors (Lipinski definition) is 1. The fourth-order valence-corrected chi connectivity index (χ4v) is 3.29. The number of halogens is 1. The molecule has 0 spiro atoms. The highest BCUT2D eigenvalue weighted by atomic mass is 19.1. The number of ether oxygens (including phenoxy) is 2. The van der Waals surface area contributed by atoms with Crippen molar-refractivity contribution in [2.45, 2.75) is 105 Å². The molecule has 36 heavy (non-hydrogen) atoms. The summed E-state index contributed by atoms with van der Waals surface area (Å²) in [6, 6.07) is 0. The third-order valence-corrected chi connectivity index (χ3v) is 5.71. The highest BCUT2D eigenvalue weighted by Gasteiger charge is 2.38. The molecule has 1 amide bonds. The van der Waals surface area contributed by atoms with Gasteiger partial charge in [0.25, 0.3) is 0 Å². The van der Waals surface area contributed by atoms with Gasteiger partial charge in [0.15, 0.2) is 11.4 Å². The van der Waals surface area contributed by atoms with Gasteiger partial charge >= 0.3 is 12.0 Å². The molecule has 0 radical (unpaired) electrons. The molecule has 1 aliphatic heterocycles. The van der Waals surface area contributed by atoms with Crippen molar-refractivity contribution in [1.82, 2.24) is 9.97 Å². The minimum absolute atomic E-state index is 0.132. The zero-order valence-electron chi connectivity index (χ0n) is 22.5. The van der Waals surface area contributed by atoms with Gasteiger partial charge in [-0.1, -0.05) is 40.0 Å². The van der Waals surface area contributed by atoms with Crippen LogP contribution in [0.5, 0.6) is 0 Å². The molecule has 2 heterocycles. The molecule has 2 rings (SSSR count). The lowest BCUT2D eigenvalue weighted by atomic mass is 10.0. The topological polar surface area (TPSA) is 103 Å². The number of unbranched alkanes of at least 4 members (excludes halogenated alkanes) is 1. The quantitative estimate of drug-likeness (QED) is 0.179. The second kappa shape index (κ2) is 16.0. The zero-order chi connectivity index (χ0) is 27.1. The van der Waals surface area contributed by atoms with Crippen LogP contribution < -0.4 is 5.32 Å². The van der Waals surface area contributed by atoms with Crippen molar-refractivity contribution >= 4 is 29.6 Å². The van der Waals surface area contributed by atoms with Crippen LogP contribution in [0.25, 0.3) is 0 Å². The number of anilines is 1. The van der Waals surface area contributed by atoms with E-state index in [1.165, 1.54) is 0 Å². The van der Waals surface area contributed by atoms with Crippen molar-refractivity contribution in [2.24, 2.45) is 10.9 Å². The molecule has 0 aliphatic carbocycles. The summed E-state index contributed by atoms with van der Waals surface area (Å²) < 4.78 is 24.1. The number of aliphatic imine (C=N–C) groups is 1. The lowest BCUT2D eigenvalue weighted by Crippen LogP contribution is -2.34. The Hall–Kier alpha value is -2.86. The first-order valence-corrected chi connectivity index (χ1v) is 12.8. The number of nitrogens with one attached hydrogen (secondary N) is 1. The van der Waals surface area contributed by atoms with E-state index < -0.39 is 11.7 Å². The summed E-state index contributed by atoms with van der Waals surface area (Å²) >= 11 is 0. The summed E-state index contributed by atoms with van der Waals surface area (Å²) in [7, 11) is 0. The number of rotatable bonds is 11. The molecule has 1 N–H and O–H groups in total. The summed E-state index contributed by atoms with van der Waals surface area (Å²) in [4.78, 5) is 34.6. The van der Waals surface area contributed by atoms with E-state index in [-0.39, 0.29) is 30.4 Å². The van der Waals surface area contributed by atoms with Crippen molar-refractivity contribution < 1.29 is 23.5 Å². The van der Waals surface area contributed by atoms with Crippen LogP contribution in [0.1, 0.15) is 91.7 Å². The van der Waals surface area contributed by atoms with Crippen LogP contribution in [0.15, 0.2) is 4.99 Å². The summed E-state index contributed by atoms with van der Waals surface area (Å²) in [6.07, 6.45) is 12.5. The largest absolute Gasteiger partial charge is 0.462 e. The van der Waals surface area contributed by atoms with Crippen LogP contribution in [-0.2, 0) is 19.1 Å². The molecule has 1 fully saturated rings. The Bertz CT molecular complexity index is 931. The first-order valence-electron chi connectivity index (χ1n) is 12.8. The van der Waals surface area contributed by atoms with Gasteiger partial charge in [-0.3, -0.25) is 14.6 Å². The molecule has 1 aromatic rings.